The number of hydrazone groups is 1. The number of anilines is 1. The number of aromatic nitrogens is 1. The van der Waals surface area contributed by atoms with E-state index in [1.54, 1.807) is 6.08 Å². The average molecular weight is 352 g/mol. The summed E-state index contributed by atoms with van der Waals surface area (Å²) in [4.78, 5) is 3.94. The van der Waals surface area contributed by atoms with E-state index in [4.69, 9.17) is 40.1 Å². The van der Waals surface area contributed by atoms with Gasteiger partial charge >= 0.3 is 0 Å². The third-order valence-corrected chi connectivity index (χ3v) is 3.68. The van der Waals surface area contributed by atoms with Crippen LogP contribution in [0.15, 0.2) is 41.5 Å². The minimum absolute atomic E-state index is 0.0329. The van der Waals surface area contributed by atoms with E-state index in [1.807, 2.05) is 42.5 Å². The van der Waals surface area contributed by atoms with Crippen LogP contribution in [-0.4, -0.2) is 11.2 Å². The number of nitriles is 1. The molecule has 0 atom stereocenters. The van der Waals surface area contributed by atoms with Crippen LogP contribution in [-0.2, 0) is 0 Å². The maximum atomic E-state index is 8.89. The molecule has 4 nitrogen and oxygen atoms in total. The van der Waals surface area contributed by atoms with E-state index < -0.39 is 0 Å². The number of hydrogen-bond donors (Lipinski definition) is 1. The Morgan fingerprint density at radius 3 is 2.55 bits per heavy atom. The molecule has 0 aliphatic heterocycles. The predicted molar refractivity (Wildman–Crippen MR) is 91.6 cm³/mol. The van der Waals surface area contributed by atoms with Crippen LogP contribution in [0, 0.1) is 11.3 Å². The highest BCUT2D eigenvalue weighted by Crippen LogP contribution is 2.34. The van der Waals surface area contributed by atoms with Gasteiger partial charge in [0.2, 0.25) is 0 Å². The molecule has 22 heavy (non-hydrogen) atoms. The van der Waals surface area contributed by atoms with Crippen LogP contribution < -0.4 is 5.43 Å². The molecular weight excluding hydrogens is 343 g/mol. The van der Waals surface area contributed by atoms with Gasteiger partial charge < -0.3 is 0 Å². The summed E-state index contributed by atoms with van der Waals surface area (Å²) >= 11 is 17.8. The summed E-state index contributed by atoms with van der Waals surface area (Å²) in [6, 6.07) is 11.6. The van der Waals surface area contributed by atoms with Crippen molar-refractivity contribution in [2.24, 2.45) is 5.10 Å². The first kappa shape index (κ1) is 16.3. The Kier molecular flexibility index (Phi) is 5.79. The Bertz CT molecular complexity index is 765. The summed E-state index contributed by atoms with van der Waals surface area (Å²) in [5.41, 5.74) is 3.71. The molecule has 0 saturated carbocycles. The molecule has 0 amide bonds. The second-order valence-corrected chi connectivity index (χ2v) is 5.14. The molecular formula is C15H9Cl3N4. The molecule has 0 bridgehead atoms. The van der Waals surface area contributed by atoms with Gasteiger partial charge in [0, 0.05) is 6.21 Å². The van der Waals surface area contributed by atoms with Gasteiger partial charge in [-0.15, -0.1) is 0 Å². The number of rotatable bonds is 4. The lowest BCUT2D eigenvalue weighted by Crippen LogP contribution is -1.97. The monoisotopic (exact) mass is 350 g/mol. The van der Waals surface area contributed by atoms with Crippen LogP contribution in [0.4, 0.5) is 5.82 Å². The van der Waals surface area contributed by atoms with E-state index in [1.165, 1.54) is 6.21 Å². The van der Waals surface area contributed by atoms with Gasteiger partial charge in [-0.2, -0.15) is 10.4 Å². The van der Waals surface area contributed by atoms with Gasteiger partial charge in [0.1, 0.15) is 16.7 Å². The van der Waals surface area contributed by atoms with Crippen molar-refractivity contribution < 1.29 is 0 Å². The van der Waals surface area contributed by atoms with E-state index >= 15 is 0 Å². The predicted octanol–water partition coefficient (Wildman–Crippen LogP) is 5.02. The fraction of sp³-hybridized carbons (Fsp3) is 0. The van der Waals surface area contributed by atoms with E-state index in [0.29, 0.717) is 0 Å². The second kappa shape index (κ2) is 7.81. The van der Waals surface area contributed by atoms with Crippen molar-refractivity contribution in [3.8, 4) is 6.07 Å². The molecule has 0 aliphatic carbocycles. The molecule has 2 rings (SSSR count). The van der Waals surface area contributed by atoms with Gasteiger partial charge in [-0.3, -0.25) is 5.43 Å². The van der Waals surface area contributed by atoms with Crippen LogP contribution in [0.25, 0.3) is 6.08 Å². The zero-order chi connectivity index (χ0) is 15.9. The quantitative estimate of drug-likeness (QED) is 0.477. The first-order valence-corrected chi connectivity index (χ1v) is 7.22. The lowest BCUT2D eigenvalue weighted by Gasteiger charge is -2.06. The molecule has 2 aromatic rings. The molecule has 1 aromatic carbocycles. The van der Waals surface area contributed by atoms with Crippen molar-refractivity contribution in [1.29, 1.82) is 5.26 Å². The molecule has 0 unspecified atom stereocenters. The van der Waals surface area contributed by atoms with Crippen molar-refractivity contribution >= 4 is 52.9 Å². The zero-order valence-corrected chi connectivity index (χ0v) is 13.4. The maximum Gasteiger partial charge on any atom is 0.168 e. The lowest BCUT2D eigenvalue weighted by atomic mass is 10.2. The van der Waals surface area contributed by atoms with Crippen molar-refractivity contribution in [2.45, 2.75) is 0 Å². The zero-order valence-electron chi connectivity index (χ0n) is 11.1. The Labute approximate surface area is 142 Å². The van der Waals surface area contributed by atoms with Gasteiger partial charge in [-0.25, -0.2) is 4.98 Å². The molecule has 1 N–H and O–H groups in total. The standard InChI is InChI=1S/C15H9Cl3N4/c16-12-11(9-19)14(18)21-15(13(12)17)22-20-8-4-7-10-5-2-1-3-6-10/h1-8H,(H,21,22)/b7-4+,20-8-. The van der Waals surface area contributed by atoms with Gasteiger partial charge in [-0.1, -0.05) is 71.2 Å². The summed E-state index contributed by atoms with van der Waals surface area (Å²) in [6.07, 6.45) is 5.17. The first-order valence-electron chi connectivity index (χ1n) is 6.09. The first-order chi connectivity index (χ1) is 10.6. The third kappa shape index (κ3) is 3.99. The van der Waals surface area contributed by atoms with E-state index in [0.717, 1.165) is 5.56 Å². The smallest absolute Gasteiger partial charge is 0.168 e. The molecule has 1 aromatic heterocycles. The largest absolute Gasteiger partial charge is 0.260 e. The molecule has 0 aliphatic rings. The highest BCUT2D eigenvalue weighted by Gasteiger charge is 2.15. The molecule has 110 valence electrons. The Morgan fingerprint density at radius 2 is 1.86 bits per heavy atom. The van der Waals surface area contributed by atoms with Crippen molar-refractivity contribution in [3.05, 3.63) is 62.7 Å². The SMILES string of the molecule is N#Cc1c(Cl)nc(N/N=C\C=C\c2ccccc2)c(Cl)c1Cl. The van der Waals surface area contributed by atoms with Gasteiger partial charge in [0.15, 0.2) is 11.0 Å². The van der Waals surface area contributed by atoms with Crippen LogP contribution in [0.3, 0.4) is 0 Å². The van der Waals surface area contributed by atoms with Crippen molar-refractivity contribution in [1.82, 2.24) is 4.98 Å². The van der Waals surface area contributed by atoms with Crippen molar-refractivity contribution in [3.63, 3.8) is 0 Å². The Balaban J connectivity index is 2.08. The van der Waals surface area contributed by atoms with Crippen LogP contribution in [0.1, 0.15) is 11.1 Å². The maximum absolute atomic E-state index is 8.89. The number of nitrogens with one attached hydrogen (secondary N) is 1. The number of benzene rings is 1. The summed E-state index contributed by atoms with van der Waals surface area (Å²) < 4.78 is 0. The van der Waals surface area contributed by atoms with Crippen LogP contribution in [0.2, 0.25) is 15.2 Å². The van der Waals surface area contributed by atoms with E-state index in [9.17, 15) is 0 Å². The van der Waals surface area contributed by atoms with E-state index in [-0.39, 0.29) is 26.6 Å². The molecule has 0 fully saturated rings. The average Bonchev–Trinajstić information content (AvgIpc) is 2.53. The summed E-state index contributed by atoms with van der Waals surface area (Å²) in [5, 5.41) is 12.9. The van der Waals surface area contributed by atoms with E-state index in [2.05, 4.69) is 15.5 Å². The van der Waals surface area contributed by atoms with Crippen molar-refractivity contribution in [2.75, 3.05) is 5.43 Å². The molecule has 0 spiro atoms. The fourth-order valence-corrected chi connectivity index (χ4v) is 2.21. The lowest BCUT2D eigenvalue weighted by molar-refractivity contribution is 1.22. The normalized spacial score (nSPS) is 11.0. The summed E-state index contributed by atoms with van der Waals surface area (Å²) in [6.45, 7) is 0. The molecule has 0 radical (unpaired) electrons. The Morgan fingerprint density at radius 1 is 1.14 bits per heavy atom. The number of allylic oxidation sites excluding steroid dienone is 1. The highest BCUT2D eigenvalue weighted by atomic mass is 35.5. The minimum Gasteiger partial charge on any atom is -0.260 e. The number of nitrogens with zero attached hydrogens (tertiary/aromatic N) is 3. The number of hydrogen-bond acceptors (Lipinski definition) is 4. The fourth-order valence-electron chi connectivity index (χ4n) is 1.54. The second-order valence-electron chi connectivity index (χ2n) is 4.03. The molecule has 0 saturated heterocycles. The topological polar surface area (TPSA) is 61.1 Å². The number of halogens is 3. The number of pyridine rings is 1. The highest BCUT2D eigenvalue weighted by molar-refractivity contribution is 6.45. The third-order valence-electron chi connectivity index (χ3n) is 2.57. The van der Waals surface area contributed by atoms with Crippen LogP contribution >= 0.6 is 34.8 Å². The van der Waals surface area contributed by atoms with Gasteiger partial charge in [0.25, 0.3) is 0 Å². The van der Waals surface area contributed by atoms with Gasteiger partial charge in [0.05, 0.1) is 5.02 Å². The van der Waals surface area contributed by atoms with Gasteiger partial charge in [-0.05, 0) is 11.6 Å². The summed E-state index contributed by atoms with van der Waals surface area (Å²) in [5.74, 6) is 0.181. The summed E-state index contributed by atoms with van der Waals surface area (Å²) in [7, 11) is 0. The Hall–Kier alpha value is -2.06. The van der Waals surface area contributed by atoms with Crippen LogP contribution in [0.5, 0.6) is 0 Å². The minimum atomic E-state index is -0.0329. The molecule has 7 heteroatoms. The molecule has 1 heterocycles.